The largest absolute Gasteiger partial charge is 0.345 e. The molecule has 2 amide bonds. The van der Waals surface area contributed by atoms with Crippen molar-refractivity contribution in [1.29, 1.82) is 0 Å². The Balaban J connectivity index is 2.43. The van der Waals surface area contributed by atoms with Gasteiger partial charge in [-0.3, -0.25) is 9.59 Å². The molecular weight excluding hydrogens is 228 g/mol. The Morgan fingerprint density at radius 2 is 2.00 bits per heavy atom. The third-order valence-electron chi connectivity index (χ3n) is 2.73. The third-order valence-corrected chi connectivity index (χ3v) is 2.73. The molecule has 0 aromatic heterocycles. The van der Waals surface area contributed by atoms with Crippen LogP contribution < -0.4 is 10.6 Å². The van der Waals surface area contributed by atoms with Gasteiger partial charge in [0.2, 0.25) is 0 Å². The van der Waals surface area contributed by atoms with Gasteiger partial charge in [0.05, 0.1) is 0 Å². The molecule has 0 saturated carbocycles. The summed E-state index contributed by atoms with van der Waals surface area (Å²) in [5, 5.41) is 5.23. The highest BCUT2D eigenvalue weighted by Gasteiger charge is 2.14. The molecule has 0 heterocycles. The van der Waals surface area contributed by atoms with Crippen molar-refractivity contribution in [3.8, 4) is 0 Å². The van der Waals surface area contributed by atoms with E-state index in [1.54, 1.807) is 0 Å². The SMILES string of the molecule is CCC(C)NC(=O)C(=O)NCc1cccc(C)c1. The van der Waals surface area contributed by atoms with E-state index in [1.807, 2.05) is 45.0 Å². The summed E-state index contributed by atoms with van der Waals surface area (Å²) in [5.74, 6) is -1.16. The predicted octanol–water partition coefficient (Wildman–Crippen LogP) is 1.53. The van der Waals surface area contributed by atoms with Gasteiger partial charge >= 0.3 is 11.8 Å². The molecule has 1 unspecified atom stereocenters. The van der Waals surface area contributed by atoms with E-state index >= 15 is 0 Å². The molecule has 1 atom stereocenters. The standard InChI is InChI=1S/C14H20N2O2/c1-4-11(3)16-14(18)13(17)15-9-12-7-5-6-10(2)8-12/h5-8,11H,4,9H2,1-3H3,(H,15,17)(H,16,18). The van der Waals surface area contributed by atoms with Crippen LogP contribution in [0.25, 0.3) is 0 Å². The van der Waals surface area contributed by atoms with Crippen LogP contribution in [0.4, 0.5) is 0 Å². The van der Waals surface area contributed by atoms with Crippen molar-refractivity contribution in [3.05, 3.63) is 35.4 Å². The number of carbonyl (C=O) groups is 2. The molecule has 0 saturated heterocycles. The molecule has 1 rings (SSSR count). The lowest BCUT2D eigenvalue weighted by molar-refractivity contribution is -0.139. The van der Waals surface area contributed by atoms with Gasteiger partial charge in [-0.05, 0) is 25.8 Å². The number of amides is 2. The lowest BCUT2D eigenvalue weighted by Crippen LogP contribution is -2.43. The quantitative estimate of drug-likeness (QED) is 0.794. The summed E-state index contributed by atoms with van der Waals surface area (Å²) in [6.45, 7) is 6.18. The zero-order valence-electron chi connectivity index (χ0n) is 11.1. The summed E-state index contributed by atoms with van der Waals surface area (Å²) < 4.78 is 0. The minimum Gasteiger partial charge on any atom is -0.345 e. The fourth-order valence-corrected chi connectivity index (χ4v) is 1.48. The Morgan fingerprint density at radius 1 is 1.28 bits per heavy atom. The maximum atomic E-state index is 11.5. The lowest BCUT2D eigenvalue weighted by atomic mass is 10.1. The van der Waals surface area contributed by atoms with E-state index in [4.69, 9.17) is 0 Å². The highest BCUT2D eigenvalue weighted by Crippen LogP contribution is 2.03. The van der Waals surface area contributed by atoms with Gasteiger partial charge in [0.15, 0.2) is 0 Å². The Kier molecular flexibility index (Phi) is 5.36. The van der Waals surface area contributed by atoms with Gasteiger partial charge in [-0.1, -0.05) is 36.8 Å². The Morgan fingerprint density at radius 3 is 2.61 bits per heavy atom. The maximum absolute atomic E-state index is 11.5. The van der Waals surface area contributed by atoms with Gasteiger partial charge in [0, 0.05) is 12.6 Å². The van der Waals surface area contributed by atoms with E-state index < -0.39 is 11.8 Å². The molecule has 0 spiro atoms. The van der Waals surface area contributed by atoms with Gasteiger partial charge in [-0.2, -0.15) is 0 Å². The van der Waals surface area contributed by atoms with Crippen LogP contribution in [0.1, 0.15) is 31.4 Å². The molecule has 0 bridgehead atoms. The van der Waals surface area contributed by atoms with Crippen LogP contribution in [0.3, 0.4) is 0 Å². The van der Waals surface area contributed by atoms with E-state index in [9.17, 15) is 9.59 Å². The van der Waals surface area contributed by atoms with Crippen molar-refractivity contribution in [3.63, 3.8) is 0 Å². The molecule has 1 aromatic carbocycles. The fourth-order valence-electron chi connectivity index (χ4n) is 1.48. The summed E-state index contributed by atoms with van der Waals surface area (Å²) in [4.78, 5) is 23.0. The smallest absolute Gasteiger partial charge is 0.309 e. The molecule has 4 heteroatoms. The zero-order valence-corrected chi connectivity index (χ0v) is 11.1. The highest BCUT2D eigenvalue weighted by molar-refractivity contribution is 6.35. The number of nitrogens with one attached hydrogen (secondary N) is 2. The summed E-state index contributed by atoms with van der Waals surface area (Å²) in [5.41, 5.74) is 2.12. The fraction of sp³-hybridized carbons (Fsp3) is 0.429. The average Bonchev–Trinajstić information content (AvgIpc) is 2.35. The zero-order chi connectivity index (χ0) is 13.5. The van der Waals surface area contributed by atoms with E-state index in [0.717, 1.165) is 17.5 Å². The molecule has 0 aliphatic rings. The number of carbonyl (C=O) groups excluding carboxylic acids is 2. The number of hydrogen-bond donors (Lipinski definition) is 2. The summed E-state index contributed by atoms with van der Waals surface area (Å²) in [6, 6.07) is 7.83. The van der Waals surface area contributed by atoms with Crippen molar-refractivity contribution >= 4 is 11.8 Å². The Hall–Kier alpha value is -1.84. The first kappa shape index (κ1) is 14.2. The second-order valence-corrected chi connectivity index (χ2v) is 4.45. The second kappa shape index (κ2) is 6.79. The molecule has 0 aliphatic heterocycles. The molecule has 1 aromatic rings. The number of aryl methyl sites for hydroxylation is 1. The van der Waals surface area contributed by atoms with Gasteiger partial charge in [-0.25, -0.2) is 0 Å². The van der Waals surface area contributed by atoms with Gasteiger partial charge in [0.25, 0.3) is 0 Å². The maximum Gasteiger partial charge on any atom is 0.309 e. The summed E-state index contributed by atoms with van der Waals surface area (Å²) >= 11 is 0. The monoisotopic (exact) mass is 248 g/mol. The molecule has 98 valence electrons. The van der Waals surface area contributed by atoms with Crippen molar-refractivity contribution in [2.45, 2.75) is 39.8 Å². The van der Waals surface area contributed by atoms with Crippen molar-refractivity contribution in [2.75, 3.05) is 0 Å². The van der Waals surface area contributed by atoms with Crippen molar-refractivity contribution in [1.82, 2.24) is 10.6 Å². The molecule has 0 radical (unpaired) electrons. The molecule has 2 N–H and O–H groups in total. The van der Waals surface area contributed by atoms with Crippen molar-refractivity contribution < 1.29 is 9.59 Å². The van der Waals surface area contributed by atoms with Crippen LogP contribution in [-0.4, -0.2) is 17.9 Å². The number of rotatable bonds is 4. The molecule has 0 aliphatic carbocycles. The Bertz CT molecular complexity index is 430. The second-order valence-electron chi connectivity index (χ2n) is 4.45. The average molecular weight is 248 g/mol. The van der Waals surface area contributed by atoms with Crippen molar-refractivity contribution in [2.24, 2.45) is 0 Å². The topological polar surface area (TPSA) is 58.2 Å². The van der Waals surface area contributed by atoms with Gasteiger partial charge in [0.1, 0.15) is 0 Å². The van der Waals surface area contributed by atoms with E-state index in [0.29, 0.717) is 6.54 Å². The van der Waals surface area contributed by atoms with Crippen LogP contribution >= 0.6 is 0 Å². The van der Waals surface area contributed by atoms with E-state index in [1.165, 1.54) is 0 Å². The number of benzene rings is 1. The third kappa shape index (κ3) is 4.57. The van der Waals surface area contributed by atoms with Crippen LogP contribution in [0.2, 0.25) is 0 Å². The lowest BCUT2D eigenvalue weighted by Gasteiger charge is -2.11. The molecule has 4 nitrogen and oxygen atoms in total. The minimum atomic E-state index is -0.586. The Labute approximate surface area is 108 Å². The van der Waals surface area contributed by atoms with E-state index in [-0.39, 0.29) is 6.04 Å². The first-order valence-corrected chi connectivity index (χ1v) is 6.17. The normalized spacial score (nSPS) is 11.7. The van der Waals surface area contributed by atoms with Gasteiger partial charge < -0.3 is 10.6 Å². The first-order chi connectivity index (χ1) is 8.52. The molecular formula is C14H20N2O2. The number of hydrogen-bond acceptors (Lipinski definition) is 2. The molecule has 0 fully saturated rings. The van der Waals surface area contributed by atoms with Crippen LogP contribution in [-0.2, 0) is 16.1 Å². The summed E-state index contributed by atoms with van der Waals surface area (Å²) in [6.07, 6.45) is 0.802. The first-order valence-electron chi connectivity index (χ1n) is 6.17. The summed E-state index contributed by atoms with van der Waals surface area (Å²) in [7, 11) is 0. The molecule has 18 heavy (non-hydrogen) atoms. The van der Waals surface area contributed by atoms with Crippen LogP contribution in [0.5, 0.6) is 0 Å². The van der Waals surface area contributed by atoms with Crippen LogP contribution in [0, 0.1) is 6.92 Å². The van der Waals surface area contributed by atoms with Gasteiger partial charge in [-0.15, -0.1) is 0 Å². The highest BCUT2D eigenvalue weighted by atomic mass is 16.2. The predicted molar refractivity (Wildman–Crippen MR) is 70.9 cm³/mol. The van der Waals surface area contributed by atoms with E-state index in [2.05, 4.69) is 10.6 Å². The van der Waals surface area contributed by atoms with Crippen LogP contribution in [0.15, 0.2) is 24.3 Å². The minimum absolute atomic E-state index is 0.0159.